The SMILES string of the molecule is O=C(CCCSc1nc2cc(F)c(F)cc2c(=O)[nH]1)CC1=Nc2ccccc2C1. The van der Waals surface area contributed by atoms with E-state index in [0.717, 1.165) is 35.5 Å². The Kier molecular flexibility index (Phi) is 5.53. The standard InChI is InChI=1S/C21H17F2N3O2S/c22-16-10-15-19(11-17(16)23)25-21(26-20(15)28)29-7-3-5-14(27)9-13-8-12-4-1-2-6-18(12)24-13/h1-2,4,6,10-11H,3,5,7-9H2,(H,25,26,28). The van der Waals surface area contributed by atoms with Gasteiger partial charge in [-0.3, -0.25) is 14.6 Å². The second-order valence-corrected chi connectivity index (χ2v) is 7.89. The largest absolute Gasteiger partial charge is 0.301 e. The number of hydrogen-bond donors (Lipinski definition) is 1. The summed E-state index contributed by atoms with van der Waals surface area (Å²) in [6.07, 6.45) is 2.08. The first kappa shape index (κ1) is 19.4. The molecule has 1 N–H and O–H groups in total. The van der Waals surface area contributed by atoms with Crippen molar-refractivity contribution < 1.29 is 13.6 Å². The van der Waals surface area contributed by atoms with E-state index in [1.165, 1.54) is 11.8 Å². The minimum absolute atomic E-state index is 0.00163. The molecule has 2 heterocycles. The fourth-order valence-corrected chi connectivity index (χ4v) is 4.05. The van der Waals surface area contributed by atoms with Crippen LogP contribution in [0.3, 0.4) is 0 Å². The number of nitrogens with zero attached hydrogens (tertiary/aromatic N) is 2. The van der Waals surface area contributed by atoms with Gasteiger partial charge in [-0.25, -0.2) is 13.8 Å². The highest BCUT2D eigenvalue weighted by Crippen LogP contribution is 2.27. The van der Waals surface area contributed by atoms with Crippen molar-refractivity contribution in [3.8, 4) is 0 Å². The first-order chi connectivity index (χ1) is 14.0. The van der Waals surface area contributed by atoms with Gasteiger partial charge >= 0.3 is 0 Å². The fraction of sp³-hybridized carbons (Fsp3) is 0.238. The summed E-state index contributed by atoms with van der Waals surface area (Å²) < 4.78 is 26.7. The molecule has 0 saturated heterocycles. The number of fused-ring (bicyclic) bond motifs is 2. The van der Waals surface area contributed by atoms with Crippen LogP contribution in [0.4, 0.5) is 14.5 Å². The van der Waals surface area contributed by atoms with Crippen molar-refractivity contribution in [1.82, 2.24) is 9.97 Å². The molecule has 1 aromatic heterocycles. The number of rotatable bonds is 7. The van der Waals surface area contributed by atoms with E-state index < -0.39 is 17.2 Å². The van der Waals surface area contributed by atoms with Crippen molar-refractivity contribution in [2.24, 2.45) is 4.99 Å². The number of nitrogens with one attached hydrogen (secondary N) is 1. The van der Waals surface area contributed by atoms with Gasteiger partial charge in [-0.2, -0.15) is 0 Å². The fourth-order valence-electron chi connectivity index (χ4n) is 3.24. The number of carbonyl (C=O) groups excluding carboxylic acids is 1. The van der Waals surface area contributed by atoms with E-state index in [0.29, 0.717) is 30.2 Å². The van der Waals surface area contributed by atoms with Gasteiger partial charge in [0.1, 0.15) is 5.78 Å². The van der Waals surface area contributed by atoms with Crippen molar-refractivity contribution >= 4 is 39.8 Å². The lowest BCUT2D eigenvalue weighted by Crippen LogP contribution is -2.10. The normalized spacial score (nSPS) is 12.8. The van der Waals surface area contributed by atoms with Gasteiger partial charge in [0, 0.05) is 36.8 Å². The lowest BCUT2D eigenvalue weighted by molar-refractivity contribution is -0.117. The maximum atomic E-state index is 13.4. The van der Waals surface area contributed by atoms with Crippen molar-refractivity contribution in [2.45, 2.75) is 30.8 Å². The average Bonchev–Trinajstić information content (AvgIpc) is 3.09. The highest BCUT2D eigenvalue weighted by Gasteiger charge is 2.16. The molecule has 0 atom stereocenters. The van der Waals surface area contributed by atoms with E-state index in [1.807, 2.05) is 24.3 Å². The highest BCUT2D eigenvalue weighted by atomic mass is 32.2. The number of H-pyrrole nitrogens is 1. The molecular weight excluding hydrogens is 396 g/mol. The summed E-state index contributed by atoms with van der Waals surface area (Å²) in [6, 6.07) is 9.61. The molecule has 1 aliphatic heterocycles. The Morgan fingerprint density at radius 2 is 1.97 bits per heavy atom. The summed E-state index contributed by atoms with van der Waals surface area (Å²) in [4.78, 5) is 35.5. The van der Waals surface area contributed by atoms with E-state index in [4.69, 9.17) is 0 Å². The van der Waals surface area contributed by atoms with Gasteiger partial charge in [0.2, 0.25) is 0 Å². The summed E-state index contributed by atoms with van der Waals surface area (Å²) in [5.41, 5.74) is 2.55. The van der Waals surface area contributed by atoms with Crippen molar-refractivity contribution in [3.05, 3.63) is 63.9 Å². The Labute approximate surface area is 169 Å². The Balaban J connectivity index is 1.29. The zero-order valence-corrected chi connectivity index (χ0v) is 16.2. The quantitative estimate of drug-likeness (QED) is 0.355. The molecule has 8 heteroatoms. The monoisotopic (exact) mass is 413 g/mol. The molecule has 3 aromatic rings. The number of carbonyl (C=O) groups is 1. The molecule has 29 heavy (non-hydrogen) atoms. The first-order valence-electron chi connectivity index (χ1n) is 9.17. The number of benzene rings is 2. The van der Waals surface area contributed by atoms with Crippen LogP contribution in [0.5, 0.6) is 0 Å². The molecule has 0 spiro atoms. The average molecular weight is 413 g/mol. The van der Waals surface area contributed by atoms with Gasteiger partial charge in [-0.05, 0) is 24.1 Å². The smallest absolute Gasteiger partial charge is 0.259 e. The zero-order chi connectivity index (χ0) is 20.4. The Hall–Kier alpha value is -2.87. The second kappa shape index (κ2) is 8.24. The number of aliphatic imine (C=N–C) groups is 1. The minimum Gasteiger partial charge on any atom is -0.301 e. The third-order valence-electron chi connectivity index (χ3n) is 4.63. The lowest BCUT2D eigenvalue weighted by Gasteiger charge is -2.04. The zero-order valence-electron chi connectivity index (χ0n) is 15.4. The van der Waals surface area contributed by atoms with Gasteiger partial charge in [0.05, 0.1) is 16.6 Å². The van der Waals surface area contributed by atoms with Crippen LogP contribution in [-0.4, -0.2) is 27.2 Å². The van der Waals surface area contributed by atoms with Crippen molar-refractivity contribution in [1.29, 1.82) is 0 Å². The summed E-state index contributed by atoms with van der Waals surface area (Å²) in [5.74, 6) is -1.45. The second-order valence-electron chi connectivity index (χ2n) is 6.81. The molecule has 0 aliphatic carbocycles. The number of aromatic amines is 1. The molecule has 0 saturated carbocycles. The first-order valence-corrected chi connectivity index (χ1v) is 10.2. The van der Waals surface area contributed by atoms with E-state index in [1.54, 1.807) is 0 Å². The summed E-state index contributed by atoms with van der Waals surface area (Å²) in [5, 5.41) is 0.318. The van der Waals surface area contributed by atoms with Crippen LogP contribution in [0.2, 0.25) is 0 Å². The number of halogens is 2. The lowest BCUT2D eigenvalue weighted by atomic mass is 10.0. The Bertz CT molecular complexity index is 1190. The molecule has 148 valence electrons. The number of Topliss-reactive ketones (excluding diaryl/α,β-unsaturated/α-hetero) is 1. The molecule has 0 bridgehead atoms. The van der Waals surface area contributed by atoms with Crippen LogP contribution in [0.15, 0.2) is 51.3 Å². The van der Waals surface area contributed by atoms with Crippen LogP contribution >= 0.6 is 11.8 Å². The molecule has 0 unspecified atom stereocenters. The van der Waals surface area contributed by atoms with Crippen LogP contribution in [-0.2, 0) is 11.2 Å². The third kappa shape index (κ3) is 4.42. The maximum Gasteiger partial charge on any atom is 0.259 e. The van der Waals surface area contributed by atoms with E-state index in [9.17, 15) is 18.4 Å². The van der Waals surface area contributed by atoms with Gasteiger partial charge in [-0.1, -0.05) is 30.0 Å². The van der Waals surface area contributed by atoms with E-state index in [-0.39, 0.29) is 16.7 Å². The molecule has 4 rings (SSSR count). The predicted octanol–water partition coefficient (Wildman–Crippen LogP) is 4.36. The predicted molar refractivity (Wildman–Crippen MR) is 109 cm³/mol. The molecule has 0 fully saturated rings. The van der Waals surface area contributed by atoms with Crippen LogP contribution in [0.25, 0.3) is 10.9 Å². The van der Waals surface area contributed by atoms with Crippen molar-refractivity contribution in [3.63, 3.8) is 0 Å². The summed E-state index contributed by atoms with van der Waals surface area (Å²) in [7, 11) is 0. The number of ketones is 1. The summed E-state index contributed by atoms with van der Waals surface area (Å²) in [6.45, 7) is 0. The molecule has 0 radical (unpaired) electrons. The number of thioether (sulfide) groups is 1. The molecule has 2 aromatic carbocycles. The number of hydrogen-bond acceptors (Lipinski definition) is 5. The van der Waals surface area contributed by atoms with Crippen LogP contribution in [0, 0.1) is 11.6 Å². The third-order valence-corrected chi connectivity index (χ3v) is 5.59. The maximum absolute atomic E-state index is 13.4. The molecule has 5 nitrogen and oxygen atoms in total. The number of aromatic nitrogens is 2. The Morgan fingerprint density at radius 3 is 2.79 bits per heavy atom. The van der Waals surface area contributed by atoms with Gasteiger partial charge in [-0.15, -0.1) is 0 Å². The summed E-state index contributed by atoms with van der Waals surface area (Å²) >= 11 is 1.27. The number of para-hydroxylation sites is 1. The molecular formula is C21H17F2N3O2S. The van der Waals surface area contributed by atoms with Gasteiger partial charge < -0.3 is 4.98 Å². The Morgan fingerprint density at radius 1 is 1.17 bits per heavy atom. The van der Waals surface area contributed by atoms with Crippen LogP contribution in [0.1, 0.15) is 24.8 Å². The van der Waals surface area contributed by atoms with Gasteiger partial charge in [0.15, 0.2) is 16.8 Å². The molecule has 0 amide bonds. The van der Waals surface area contributed by atoms with E-state index >= 15 is 0 Å². The topological polar surface area (TPSA) is 75.2 Å². The minimum atomic E-state index is -1.08. The highest BCUT2D eigenvalue weighted by molar-refractivity contribution is 7.99. The van der Waals surface area contributed by atoms with E-state index in [2.05, 4.69) is 15.0 Å². The molecule has 1 aliphatic rings. The van der Waals surface area contributed by atoms with Gasteiger partial charge in [0.25, 0.3) is 5.56 Å². The van der Waals surface area contributed by atoms with Crippen LogP contribution < -0.4 is 5.56 Å². The van der Waals surface area contributed by atoms with Crippen molar-refractivity contribution in [2.75, 3.05) is 5.75 Å².